The molecule has 3 aromatic rings. The van der Waals surface area contributed by atoms with Crippen molar-refractivity contribution in [1.29, 1.82) is 0 Å². The smallest absolute Gasteiger partial charge is 0.270 e. The van der Waals surface area contributed by atoms with Crippen LogP contribution in [0.5, 0.6) is 0 Å². The van der Waals surface area contributed by atoms with Crippen LogP contribution in [0.25, 0.3) is 10.9 Å². The van der Waals surface area contributed by atoms with Crippen LogP contribution in [-0.2, 0) is 17.7 Å². The third-order valence-corrected chi connectivity index (χ3v) is 6.88. The van der Waals surface area contributed by atoms with Crippen molar-refractivity contribution in [2.45, 2.75) is 37.8 Å². The zero-order valence-electron chi connectivity index (χ0n) is 16.0. The number of amides is 1. The van der Waals surface area contributed by atoms with Gasteiger partial charge in [-0.3, -0.25) is 4.79 Å². The molecule has 1 aromatic carbocycles. The molecule has 0 saturated heterocycles. The van der Waals surface area contributed by atoms with Crippen LogP contribution in [0.3, 0.4) is 0 Å². The number of fused-ring (bicyclic) bond motifs is 2. The number of anilines is 1. The predicted octanol–water partition coefficient (Wildman–Crippen LogP) is 3.80. The Bertz CT molecular complexity index is 988. The molecular weight excluding hydrogens is 372 g/mol. The number of hydrogen-bond acceptors (Lipinski definition) is 5. The first-order valence-corrected chi connectivity index (χ1v) is 10.6. The summed E-state index contributed by atoms with van der Waals surface area (Å²) in [5.74, 6) is 0.0552. The number of nitrogens with one attached hydrogen (secondary N) is 2. The van der Waals surface area contributed by atoms with E-state index < -0.39 is 0 Å². The number of nitrogens with zero attached hydrogens (tertiary/aromatic N) is 2. The molecule has 1 amide bonds. The molecule has 1 aliphatic heterocycles. The van der Waals surface area contributed by atoms with Gasteiger partial charge < -0.3 is 19.9 Å². The highest BCUT2D eigenvalue weighted by Gasteiger charge is 2.38. The predicted molar refractivity (Wildman–Crippen MR) is 111 cm³/mol. The maximum Gasteiger partial charge on any atom is 0.270 e. The first-order chi connectivity index (χ1) is 13.7. The molecule has 1 saturated carbocycles. The fourth-order valence-electron chi connectivity index (χ4n) is 4.19. The third-order valence-electron chi connectivity index (χ3n) is 5.88. The lowest BCUT2D eigenvalue weighted by Gasteiger charge is -2.41. The second kappa shape index (κ2) is 6.90. The molecule has 0 radical (unpaired) electrons. The molecule has 2 aliphatic rings. The van der Waals surface area contributed by atoms with Crippen LogP contribution >= 0.6 is 11.3 Å². The first kappa shape index (κ1) is 17.7. The molecule has 146 valence electrons. The topological polar surface area (TPSA) is 70.2 Å². The number of hydrogen-bond donors (Lipinski definition) is 2. The van der Waals surface area contributed by atoms with Gasteiger partial charge in [0.1, 0.15) is 5.69 Å². The highest BCUT2D eigenvalue weighted by molar-refractivity contribution is 7.15. The van der Waals surface area contributed by atoms with Gasteiger partial charge in [0.2, 0.25) is 0 Å². The molecule has 0 spiro atoms. The Morgan fingerprint density at radius 2 is 2.25 bits per heavy atom. The van der Waals surface area contributed by atoms with Gasteiger partial charge in [-0.1, -0.05) is 29.5 Å². The number of H-pyrrole nitrogens is 1. The molecule has 5 rings (SSSR count). The highest BCUT2D eigenvalue weighted by Crippen LogP contribution is 2.38. The minimum Gasteiger partial charge on any atom is -0.382 e. The Morgan fingerprint density at radius 3 is 3.00 bits per heavy atom. The number of carbonyl (C=O) groups is 1. The molecular formula is C21H24N4O2S. The number of thiazole rings is 1. The molecule has 7 heteroatoms. The first-order valence-electron chi connectivity index (χ1n) is 9.79. The summed E-state index contributed by atoms with van der Waals surface area (Å²) in [6.07, 6.45) is 4.27. The van der Waals surface area contributed by atoms with Crippen molar-refractivity contribution in [2.75, 3.05) is 25.6 Å². The van der Waals surface area contributed by atoms with Gasteiger partial charge in [-0.15, -0.1) is 0 Å². The number of rotatable bonds is 5. The van der Waals surface area contributed by atoms with Gasteiger partial charge in [-0.05, 0) is 31.4 Å². The Labute approximate surface area is 167 Å². The Hall–Kier alpha value is -2.38. The van der Waals surface area contributed by atoms with Gasteiger partial charge >= 0.3 is 0 Å². The van der Waals surface area contributed by atoms with E-state index >= 15 is 0 Å². The normalized spacial score (nSPS) is 18.0. The van der Waals surface area contributed by atoms with E-state index in [0.29, 0.717) is 25.4 Å². The summed E-state index contributed by atoms with van der Waals surface area (Å²) in [6, 6.07) is 9.93. The molecule has 2 aromatic heterocycles. The average molecular weight is 397 g/mol. The lowest BCUT2D eigenvalue weighted by atomic mass is 9.77. The zero-order valence-corrected chi connectivity index (χ0v) is 16.8. The van der Waals surface area contributed by atoms with Crippen molar-refractivity contribution in [2.24, 2.45) is 0 Å². The molecule has 0 bridgehead atoms. The van der Waals surface area contributed by atoms with E-state index in [4.69, 9.17) is 9.72 Å². The molecule has 3 heterocycles. The molecule has 1 aliphatic carbocycles. The maximum atomic E-state index is 13.0. The van der Waals surface area contributed by atoms with E-state index in [1.54, 1.807) is 18.4 Å². The van der Waals surface area contributed by atoms with Crippen LogP contribution in [0.15, 0.2) is 30.3 Å². The van der Waals surface area contributed by atoms with E-state index in [-0.39, 0.29) is 11.4 Å². The van der Waals surface area contributed by atoms with Gasteiger partial charge in [0.25, 0.3) is 5.91 Å². The highest BCUT2D eigenvalue weighted by atomic mass is 32.1. The molecule has 0 unspecified atom stereocenters. The zero-order chi connectivity index (χ0) is 19.1. The van der Waals surface area contributed by atoms with Crippen molar-refractivity contribution in [1.82, 2.24) is 14.9 Å². The van der Waals surface area contributed by atoms with Crippen molar-refractivity contribution in [3.8, 4) is 0 Å². The molecule has 1 fully saturated rings. The van der Waals surface area contributed by atoms with Gasteiger partial charge in [0.15, 0.2) is 5.13 Å². The Balaban J connectivity index is 1.32. The summed E-state index contributed by atoms with van der Waals surface area (Å²) in [7, 11) is 1.75. The van der Waals surface area contributed by atoms with Crippen LogP contribution < -0.4 is 5.32 Å². The van der Waals surface area contributed by atoms with Gasteiger partial charge in [0, 0.05) is 35.9 Å². The number of aromatic nitrogens is 2. The summed E-state index contributed by atoms with van der Waals surface area (Å²) in [4.78, 5) is 24.2. The van der Waals surface area contributed by atoms with E-state index in [0.717, 1.165) is 41.0 Å². The maximum absolute atomic E-state index is 13.0. The minimum atomic E-state index is 0.0368. The molecule has 28 heavy (non-hydrogen) atoms. The van der Waals surface area contributed by atoms with Crippen LogP contribution in [-0.4, -0.2) is 46.6 Å². The number of para-hydroxylation sites is 1. The lowest BCUT2D eigenvalue weighted by Crippen LogP contribution is -2.48. The van der Waals surface area contributed by atoms with Gasteiger partial charge in [-0.25, -0.2) is 4.98 Å². The molecule has 6 nitrogen and oxygen atoms in total. The number of benzene rings is 1. The second-order valence-corrected chi connectivity index (χ2v) is 8.91. The fourth-order valence-corrected chi connectivity index (χ4v) is 5.34. The summed E-state index contributed by atoms with van der Waals surface area (Å²) < 4.78 is 5.40. The quantitative estimate of drug-likeness (QED) is 0.688. The van der Waals surface area contributed by atoms with Crippen LogP contribution in [0.4, 0.5) is 5.13 Å². The molecule has 2 N–H and O–H groups in total. The van der Waals surface area contributed by atoms with Gasteiger partial charge in [-0.2, -0.15) is 0 Å². The third kappa shape index (κ3) is 3.08. The summed E-state index contributed by atoms with van der Waals surface area (Å²) >= 11 is 1.68. The Morgan fingerprint density at radius 1 is 1.39 bits per heavy atom. The number of ether oxygens (including phenoxy) is 1. The van der Waals surface area contributed by atoms with Crippen LogP contribution in [0.2, 0.25) is 0 Å². The number of carbonyl (C=O) groups excluding carboxylic acids is 1. The van der Waals surface area contributed by atoms with Crippen molar-refractivity contribution < 1.29 is 9.53 Å². The minimum absolute atomic E-state index is 0.0368. The number of aromatic amines is 1. The summed E-state index contributed by atoms with van der Waals surface area (Å²) in [5.41, 5.74) is 2.81. The lowest BCUT2D eigenvalue weighted by molar-refractivity contribution is 0.0731. The van der Waals surface area contributed by atoms with Crippen molar-refractivity contribution >= 4 is 33.3 Å². The van der Waals surface area contributed by atoms with Crippen molar-refractivity contribution in [3.63, 3.8) is 0 Å². The van der Waals surface area contributed by atoms with Gasteiger partial charge in [0.05, 0.1) is 24.4 Å². The SMILES string of the molecule is COCC1(Nc2nc3c(s2)CN(C(=O)c2cc4ccccc4[nH]2)CC3)CCC1. The average Bonchev–Trinajstić information content (AvgIpc) is 3.28. The number of methoxy groups -OCH3 is 1. The fraction of sp³-hybridized carbons (Fsp3) is 0.429. The monoisotopic (exact) mass is 396 g/mol. The van der Waals surface area contributed by atoms with E-state index in [9.17, 15) is 4.79 Å². The van der Waals surface area contributed by atoms with E-state index in [1.807, 2.05) is 35.2 Å². The standard InChI is InChI=1S/C21H24N4O2S/c1-27-13-21(8-4-9-21)24-20-23-16-7-10-25(12-18(16)28-20)19(26)17-11-14-5-2-3-6-15(14)22-17/h2-3,5-6,11,22H,4,7-10,12-13H2,1H3,(H,23,24). The van der Waals surface area contributed by atoms with Crippen LogP contribution in [0, 0.1) is 0 Å². The summed E-state index contributed by atoms with van der Waals surface area (Å²) in [5, 5.41) is 5.64. The van der Waals surface area contributed by atoms with Crippen LogP contribution in [0.1, 0.15) is 40.3 Å². The largest absolute Gasteiger partial charge is 0.382 e. The van der Waals surface area contributed by atoms with E-state index in [1.165, 1.54) is 11.3 Å². The summed E-state index contributed by atoms with van der Waals surface area (Å²) in [6.45, 7) is 2.04. The van der Waals surface area contributed by atoms with Crippen molar-refractivity contribution in [3.05, 3.63) is 46.6 Å². The van der Waals surface area contributed by atoms with E-state index in [2.05, 4.69) is 10.3 Å². The molecule has 0 atom stereocenters. The second-order valence-electron chi connectivity index (χ2n) is 7.83. The Kier molecular flexibility index (Phi) is 4.36.